The molecular weight excluding hydrogens is 385 g/mol. The van der Waals surface area contributed by atoms with Crippen molar-refractivity contribution in [3.63, 3.8) is 0 Å². The van der Waals surface area contributed by atoms with Crippen molar-refractivity contribution in [1.82, 2.24) is 14.1 Å². The number of carbonyl (C=O) groups excluding carboxylic acids is 2. The fourth-order valence-corrected chi connectivity index (χ4v) is 4.27. The standard InChI is InChI=1S/C19H28FN3O4S/c1-15(2)19(25)23-13-11-22(12-14-23)18(24)5-4-10-21(3)28(26,27)17-8-6-16(20)7-9-17/h6-9,15H,4-5,10-14H2,1-3H3. The highest BCUT2D eigenvalue weighted by Gasteiger charge is 2.26. The zero-order valence-corrected chi connectivity index (χ0v) is 17.4. The maximum absolute atomic E-state index is 13.0. The van der Waals surface area contributed by atoms with Gasteiger partial charge in [-0.3, -0.25) is 9.59 Å². The van der Waals surface area contributed by atoms with Crippen molar-refractivity contribution in [2.24, 2.45) is 5.92 Å². The number of halogens is 1. The third-order valence-electron chi connectivity index (χ3n) is 4.82. The van der Waals surface area contributed by atoms with Crippen molar-refractivity contribution in [3.05, 3.63) is 30.1 Å². The molecule has 0 atom stereocenters. The summed E-state index contributed by atoms with van der Waals surface area (Å²) in [6.45, 7) is 5.97. The number of rotatable bonds is 7. The Kier molecular flexibility index (Phi) is 7.54. The number of hydrogen-bond donors (Lipinski definition) is 0. The highest BCUT2D eigenvalue weighted by atomic mass is 32.2. The number of amides is 2. The van der Waals surface area contributed by atoms with Gasteiger partial charge in [-0.1, -0.05) is 13.8 Å². The minimum Gasteiger partial charge on any atom is -0.339 e. The Morgan fingerprint density at radius 1 is 1.07 bits per heavy atom. The SMILES string of the molecule is CC(C)C(=O)N1CCN(C(=O)CCCN(C)S(=O)(=O)c2ccc(F)cc2)CC1. The molecule has 0 aromatic heterocycles. The van der Waals surface area contributed by atoms with Crippen LogP contribution in [-0.4, -0.2) is 74.1 Å². The van der Waals surface area contributed by atoms with Crippen LogP contribution in [0.15, 0.2) is 29.2 Å². The molecule has 2 rings (SSSR count). The third-order valence-corrected chi connectivity index (χ3v) is 6.69. The lowest BCUT2D eigenvalue weighted by Crippen LogP contribution is -2.51. The van der Waals surface area contributed by atoms with E-state index in [0.29, 0.717) is 32.6 Å². The molecule has 1 fully saturated rings. The van der Waals surface area contributed by atoms with E-state index < -0.39 is 15.8 Å². The number of piperazine rings is 1. The maximum atomic E-state index is 13.0. The zero-order chi connectivity index (χ0) is 20.9. The van der Waals surface area contributed by atoms with E-state index in [4.69, 9.17) is 0 Å². The van der Waals surface area contributed by atoms with Gasteiger partial charge < -0.3 is 9.80 Å². The first-order chi connectivity index (χ1) is 13.1. The normalized spacial score (nSPS) is 15.4. The number of hydrogen-bond acceptors (Lipinski definition) is 4. The molecule has 0 saturated carbocycles. The summed E-state index contributed by atoms with van der Waals surface area (Å²) >= 11 is 0. The van der Waals surface area contributed by atoms with Crippen molar-refractivity contribution in [2.45, 2.75) is 31.6 Å². The van der Waals surface area contributed by atoms with Crippen LogP contribution in [0.5, 0.6) is 0 Å². The molecule has 1 saturated heterocycles. The second-order valence-corrected chi connectivity index (χ2v) is 9.29. The summed E-state index contributed by atoms with van der Waals surface area (Å²) in [7, 11) is -2.26. The van der Waals surface area contributed by atoms with E-state index in [2.05, 4.69) is 0 Å². The zero-order valence-electron chi connectivity index (χ0n) is 16.6. The number of nitrogens with zero attached hydrogens (tertiary/aromatic N) is 3. The number of carbonyl (C=O) groups is 2. The fraction of sp³-hybridized carbons (Fsp3) is 0.579. The van der Waals surface area contributed by atoms with Gasteiger partial charge in [-0.2, -0.15) is 0 Å². The van der Waals surface area contributed by atoms with E-state index >= 15 is 0 Å². The van der Waals surface area contributed by atoms with Gasteiger partial charge in [-0.15, -0.1) is 0 Å². The lowest BCUT2D eigenvalue weighted by Gasteiger charge is -2.35. The van der Waals surface area contributed by atoms with Gasteiger partial charge in [0.2, 0.25) is 21.8 Å². The van der Waals surface area contributed by atoms with Gasteiger partial charge in [0.15, 0.2) is 0 Å². The van der Waals surface area contributed by atoms with Crippen LogP contribution in [0.4, 0.5) is 4.39 Å². The highest BCUT2D eigenvalue weighted by Crippen LogP contribution is 2.16. The van der Waals surface area contributed by atoms with Crippen molar-refractivity contribution < 1.29 is 22.4 Å². The van der Waals surface area contributed by atoms with Gasteiger partial charge in [0, 0.05) is 52.1 Å². The molecule has 1 aliphatic heterocycles. The largest absolute Gasteiger partial charge is 0.339 e. The lowest BCUT2D eigenvalue weighted by atomic mass is 10.1. The first-order valence-electron chi connectivity index (χ1n) is 9.41. The monoisotopic (exact) mass is 413 g/mol. The van der Waals surface area contributed by atoms with Crippen LogP contribution in [0, 0.1) is 11.7 Å². The molecule has 9 heteroatoms. The lowest BCUT2D eigenvalue weighted by molar-refractivity contribution is -0.141. The van der Waals surface area contributed by atoms with Gasteiger partial charge >= 0.3 is 0 Å². The van der Waals surface area contributed by atoms with Crippen molar-refractivity contribution in [3.8, 4) is 0 Å². The summed E-state index contributed by atoms with van der Waals surface area (Å²) in [6.07, 6.45) is 0.627. The Morgan fingerprint density at radius 3 is 2.14 bits per heavy atom. The predicted octanol–water partition coefficient (Wildman–Crippen LogP) is 1.55. The molecule has 0 N–H and O–H groups in total. The third kappa shape index (κ3) is 5.51. The first-order valence-corrected chi connectivity index (χ1v) is 10.9. The van der Waals surface area contributed by atoms with Crippen molar-refractivity contribution in [2.75, 3.05) is 39.8 Å². The molecular formula is C19H28FN3O4S. The molecule has 0 spiro atoms. The molecule has 1 aromatic carbocycles. The molecule has 0 bridgehead atoms. The van der Waals surface area contributed by atoms with Gasteiger partial charge in [0.25, 0.3) is 0 Å². The molecule has 7 nitrogen and oxygen atoms in total. The smallest absolute Gasteiger partial charge is 0.242 e. The summed E-state index contributed by atoms with van der Waals surface area (Å²) in [5, 5.41) is 0. The molecule has 2 amide bonds. The van der Waals surface area contributed by atoms with E-state index in [1.807, 2.05) is 13.8 Å². The van der Waals surface area contributed by atoms with E-state index in [1.54, 1.807) is 9.80 Å². The van der Waals surface area contributed by atoms with Crippen LogP contribution in [0.2, 0.25) is 0 Å². The van der Waals surface area contributed by atoms with E-state index in [1.165, 1.54) is 23.5 Å². The Hall–Kier alpha value is -2.00. The summed E-state index contributed by atoms with van der Waals surface area (Å²) in [6, 6.07) is 4.66. The Balaban J connectivity index is 1.79. The molecule has 156 valence electrons. The molecule has 1 aliphatic rings. The molecule has 0 aliphatic carbocycles. The quantitative estimate of drug-likeness (QED) is 0.680. The fourth-order valence-electron chi connectivity index (χ4n) is 3.06. The first kappa shape index (κ1) is 22.3. The van der Waals surface area contributed by atoms with Crippen LogP contribution >= 0.6 is 0 Å². The topological polar surface area (TPSA) is 78.0 Å². The Morgan fingerprint density at radius 2 is 1.61 bits per heavy atom. The van der Waals surface area contributed by atoms with E-state index in [-0.39, 0.29) is 35.6 Å². The number of sulfonamides is 1. The van der Waals surface area contributed by atoms with Crippen molar-refractivity contribution >= 4 is 21.8 Å². The Labute approximate surface area is 166 Å². The second-order valence-electron chi connectivity index (χ2n) is 7.24. The molecule has 0 radical (unpaired) electrons. The van der Waals surface area contributed by atoms with Crippen molar-refractivity contribution in [1.29, 1.82) is 0 Å². The van der Waals surface area contributed by atoms with E-state index in [9.17, 15) is 22.4 Å². The summed E-state index contributed by atoms with van der Waals surface area (Å²) < 4.78 is 39.0. The average molecular weight is 414 g/mol. The average Bonchev–Trinajstić information content (AvgIpc) is 2.67. The minimum atomic E-state index is -3.71. The van der Waals surface area contributed by atoms with Crippen LogP contribution in [0.25, 0.3) is 0 Å². The molecule has 1 aromatic rings. The predicted molar refractivity (Wildman–Crippen MR) is 103 cm³/mol. The van der Waals surface area contributed by atoms with Crippen LogP contribution in [-0.2, 0) is 19.6 Å². The van der Waals surface area contributed by atoms with Gasteiger partial charge in [-0.25, -0.2) is 17.1 Å². The van der Waals surface area contributed by atoms with Gasteiger partial charge in [0.05, 0.1) is 4.90 Å². The molecule has 28 heavy (non-hydrogen) atoms. The van der Waals surface area contributed by atoms with E-state index in [0.717, 1.165) is 12.1 Å². The molecule has 1 heterocycles. The maximum Gasteiger partial charge on any atom is 0.242 e. The summed E-state index contributed by atoms with van der Waals surface area (Å²) in [4.78, 5) is 27.9. The van der Waals surface area contributed by atoms with Crippen LogP contribution < -0.4 is 0 Å². The minimum absolute atomic E-state index is 0.0219. The van der Waals surface area contributed by atoms with Crippen LogP contribution in [0.1, 0.15) is 26.7 Å². The summed E-state index contributed by atoms with van der Waals surface area (Å²) in [5.41, 5.74) is 0. The highest BCUT2D eigenvalue weighted by molar-refractivity contribution is 7.89. The molecule has 0 unspecified atom stereocenters. The summed E-state index contributed by atoms with van der Waals surface area (Å²) in [5.74, 6) is -0.493. The van der Waals surface area contributed by atoms with Gasteiger partial charge in [0.1, 0.15) is 5.82 Å². The van der Waals surface area contributed by atoms with Crippen LogP contribution in [0.3, 0.4) is 0 Å². The second kappa shape index (κ2) is 9.47. The van der Waals surface area contributed by atoms with Gasteiger partial charge in [-0.05, 0) is 30.7 Å². The number of benzene rings is 1. The Bertz CT molecular complexity index is 788.